The molecule has 1 nitrogen and oxygen atoms in total. The highest BCUT2D eigenvalue weighted by Crippen LogP contribution is 2.59. The van der Waals surface area contributed by atoms with Gasteiger partial charge in [-0.1, -0.05) is 71.8 Å². The number of fused-ring (bicyclic) bond motifs is 1. The van der Waals surface area contributed by atoms with Gasteiger partial charge in [0.05, 0.1) is 0 Å². The summed E-state index contributed by atoms with van der Waals surface area (Å²) in [4.78, 5) is 0. The Morgan fingerprint density at radius 3 is 2.13 bits per heavy atom. The molecule has 0 spiro atoms. The Balaban J connectivity index is 0.00000181. The largest absolute Gasteiger partial charge is 0.438 e. The lowest BCUT2D eigenvalue weighted by molar-refractivity contribution is -0.343. The van der Waals surface area contributed by atoms with Gasteiger partial charge in [0.25, 0.3) is 0 Å². The van der Waals surface area contributed by atoms with Crippen LogP contribution in [0, 0.1) is 35.0 Å². The lowest BCUT2D eigenvalue weighted by Crippen LogP contribution is -2.55. The fourth-order valence-corrected chi connectivity index (χ4v) is 6.40. The highest BCUT2D eigenvalue weighted by atomic mass is 19.4. The van der Waals surface area contributed by atoms with Crippen LogP contribution in [0.25, 0.3) is 0 Å². The van der Waals surface area contributed by atoms with E-state index in [0.29, 0.717) is 12.0 Å². The molecule has 0 aliphatic heterocycles. The Morgan fingerprint density at radius 1 is 0.974 bits per heavy atom. The first-order chi connectivity index (χ1) is 18.1. The number of halogens is 7. The molecule has 8 heteroatoms. The maximum absolute atomic E-state index is 14.0. The third-order valence-corrected chi connectivity index (χ3v) is 8.43. The zero-order valence-corrected chi connectivity index (χ0v) is 24.1. The van der Waals surface area contributed by atoms with Gasteiger partial charge < -0.3 is 5.11 Å². The fraction of sp³-hybridized carbons (Fsp3) is 0.742. The first-order valence-electron chi connectivity index (χ1n) is 14.2. The Morgan fingerprint density at radius 2 is 1.56 bits per heavy atom. The zero-order chi connectivity index (χ0) is 30.2. The molecule has 0 radical (unpaired) electrons. The van der Waals surface area contributed by atoms with Crippen molar-refractivity contribution in [3.05, 3.63) is 35.5 Å². The van der Waals surface area contributed by atoms with E-state index in [2.05, 4.69) is 19.6 Å². The van der Waals surface area contributed by atoms with Crippen LogP contribution >= 0.6 is 0 Å². The maximum atomic E-state index is 14.0. The Kier molecular flexibility index (Phi) is 12.9. The molecule has 1 N–H and O–H groups in total. The maximum Gasteiger partial charge on any atom is 0.438 e. The number of hydrogen-bond donors (Lipinski definition) is 1. The molecule has 3 saturated carbocycles. The van der Waals surface area contributed by atoms with Gasteiger partial charge in [0.15, 0.2) is 0 Å². The van der Waals surface area contributed by atoms with Crippen LogP contribution in [0.3, 0.4) is 0 Å². The molecule has 0 aromatic carbocycles. The highest BCUT2D eigenvalue weighted by Gasteiger charge is 2.70. The summed E-state index contributed by atoms with van der Waals surface area (Å²) in [5, 5.41) is 9.27. The normalized spacial score (nSPS) is 30.3. The molecule has 0 saturated heterocycles. The van der Waals surface area contributed by atoms with Crippen LogP contribution in [-0.4, -0.2) is 29.2 Å². The average Bonchev–Trinajstić information content (AvgIpc) is 3.23. The van der Waals surface area contributed by atoms with Gasteiger partial charge in [-0.15, -0.1) is 0 Å². The minimum Gasteiger partial charge on any atom is -0.363 e. The monoisotopic (exact) mass is 566 g/mol. The van der Waals surface area contributed by atoms with Crippen LogP contribution in [0.5, 0.6) is 0 Å². The second-order valence-electron chi connectivity index (χ2n) is 10.6. The predicted octanol–water partition coefficient (Wildman–Crippen LogP) is 10.1. The third-order valence-electron chi connectivity index (χ3n) is 8.43. The van der Waals surface area contributed by atoms with Crippen molar-refractivity contribution >= 4 is 0 Å². The van der Waals surface area contributed by atoms with E-state index < -0.39 is 24.1 Å². The summed E-state index contributed by atoms with van der Waals surface area (Å²) in [5.41, 5.74) is -2.42. The number of hydrogen-bond acceptors (Lipinski definition) is 1. The summed E-state index contributed by atoms with van der Waals surface area (Å²) >= 11 is 0. The summed E-state index contributed by atoms with van der Waals surface area (Å²) in [7, 11) is 0. The summed E-state index contributed by atoms with van der Waals surface area (Å²) in [6, 6.07) is 0. The van der Waals surface area contributed by atoms with Crippen molar-refractivity contribution in [3.63, 3.8) is 0 Å². The van der Waals surface area contributed by atoms with E-state index in [0.717, 1.165) is 56.4 Å². The van der Waals surface area contributed by atoms with Gasteiger partial charge >= 0.3 is 18.0 Å². The van der Waals surface area contributed by atoms with Gasteiger partial charge in [0.2, 0.25) is 0 Å². The standard InChI is InChI=1S/C27H33F7O.2C2H6/c1-17(7-5-16-25(35,26(29,30)31)27(32,33)34)21-13-14-22-20(9-6-15-24(21,22)3)12-11-19-8-4-10-23(28)18(19)2;2*1-2/h11-12,17,21-23,35H,2,4,6-10,13-15H2,1,3H3;2*1-2H3/b19-11-,20-12+;;/t17-,21+,22?,23-,24+;;/m0../s1. The molecule has 39 heavy (non-hydrogen) atoms. The minimum absolute atomic E-state index is 0.0860. The van der Waals surface area contributed by atoms with E-state index in [4.69, 9.17) is 0 Å². The minimum atomic E-state index is -5.94. The topological polar surface area (TPSA) is 20.2 Å². The molecule has 5 atom stereocenters. The van der Waals surface area contributed by atoms with E-state index in [9.17, 15) is 35.8 Å². The van der Waals surface area contributed by atoms with Crippen molar-refractivity contribution in [3.8, 4) is 11.8 Å². The van der Waals surface area contributed by atoms with Crippen molar-refractivity contribution in [2.75, 3.05) is 0 Å². The molecule has 3 aliphatic carbocycles. The van der Waals surface area contributed by atoms with Crippen molar-refractivity contribution in [2.45, 2.75) is 123 Å². The second kappa shape index (κ2) is 14.2. The van der Waals surface area contributed by atoms with Crippen LogP contribution in [0.15, 0.2) is 35.5 Å². The molecule has 0 aromatic heterocycles. The molecule has 0 bridgehead atoms. The van der Waals surface area contributed by atoms with Crippen LogP contribution < -0.4 is 0 Å². The van der Waals surface area contributed by atoms with Crippen LogP contribution in [0.4, 0.5) is 30.7 Å². The summed E-state index contributed by atoms with van der Waals surface area (Å²) < 4.78 is 91.4. The van der Waals surface area contributed by atoms with Crippen LogP contribution in [-0.2, 0) is 0 Å². The Labute approximate surface area is 230 Å². The molecular weight excluding hydrogens is 521 g/mol. The third kappa shape index (κ3) is 7.71. The zero-order valence-electron chi connectivity index (χ0n) is 24.1. The molecule has 0 heterocycles. The van der Waals surface area contributed by atoms with Crippen molar-refractivity contribution in [1.29, 1.82) is 0 Å². The van der Waals surface area contributed by atoms with Gasteiger partial charge in [-0.25, -0.2) is 4.39 Å². The van der Waals surface area contributed by atoms with Crippen LogP contribution in [0.1, 0.15) is 99.3 Å². The predicted molar refractivity (Wildman–Crippen MR) is 144 cm³/mol. The lowest BCUT2D eigenvalue weighted by atomic mass is 9.61. The first-order valence-corrected chi connectivity index (χ1v) is 14.2. The van der Waals surface area contributed by atoms with Crippen molar-refractivity contribution in [2.24, 2.45) is 23.2 Å². The molecule has 0 amide bonds. The van der Waals surface area contributed by atoms with E-state index in [-0.39, 0.29) is 29.6 Å². The molecular formula is C31H45F7O. The smallest absolute Gasteiger partial charge is 0.363 e. The number of allylic oxidation sites excluding steroid dienone is 5. The average molecular weight is 567 g/mol. The van der Waals surface area contributed by atoms with Gasteiger partial charge in [-0.2, -0.15) is 26.3 Å². The summed E-state index contributed by atoms with van der Waals surface area (Å²) in [6.07, 6.45) is -2.43. The van der Waals surface area contributed by atoms with Crippen LogP contribution in [0.2, 0.25) is 0 Å². The Hall–Kier alpha value is -1.75. The van der Waals surface area contributed by atoms with E-state index in [1.165, 1.54) is 5.57 Å². The molecule has 3 fully saturated rings. The summed E-state index contributed by atoms with van der Waals surface area (Å²) in [5.74, 6) is 3.21. The van der Waals surface area contributed by atoms with Crippen molar-refractivity contribution < 1.29 is 35.8 Å². The second-order valence-corrected chi connectivity index (χ2v) is 10.6. The van der Waals surface area contributed by atoms with Gasteiger partial charge in [-0.3, -0.25) is 0 Å². The van der Waals surface area contributed by atoms with E-state index in [1.807, 2.05) is 39.7 Å². The van der Waals surface area contributed by atoms with E-state index >= 15 is 0 Å². The van der Waals surface area contributed by atoms with Crippen molar-refractivity contribution in [1.82, 2.24) is 0 Å². The number of alkyl halides is 7. The molecule has 3 rings (SSSR count). The first kappa shape index (κ1) is 35.3. The van der Waals surface area contributed by atoms with E-state index in [1.54, 1.807) is 6.92 Å². The van der Waals surface area contributed by atoms with Gasteiger partial charge in [-0.05, 0) is 91.6 Å². The lowest BCUT2D eigenvalue weighted by Gasteiger charge is -2.44. The SMILES string of the molecule is C=C1/C(=C\C=C2/CCC[C@@]3(C)C2CC[C@@H]3[C@@H](C)CC#CC(O)(C(F)(F)F)C(F)(F)F)CCC[C@@H]1F.CC.CC. The number of rotatable bonds is 3. The van der Waals surface area contributed by atoms with Gasteiger partial charge in [0.1, 0.15) is 6.17 Å². The fourth-order valence-electron chi connectivity index (χ4n) is 6.40. The highest BCUT2D eigenvalue weighted by molar-refractivity contribution is 5.38. The molecule has 224 valence electrons. The molecule has 0 aromatic rings. The molecule has 3 aliphatic rings. The quantitative estimate of drug-likeness (QED) is 0.266. The van der Waals surface area contributed by atoms with Gasteiger partial charge in [0, 0.05) is 6.42 Å². The Bertz CT molecular complexity index is 917. The number of aliphatic hydroxyl groups is 1. The summed E-state index contributed by atoms with van der Waals surface area (Å²) in [6.45, 7) is 15.8. The molecule has 1 unspecified atom stereocenters.